The molecule has 0 saturated heterocycles. The highest BCUT2D eigenvalue weighted by Gasteiger charge is 2.07. The Labute approximate surface area is 114 Å². The second kappa shape index (κ2) is 5.83. The molecule has 92 valence electrons. The van der Waals surface area contributed by atoms with E-state index >= 15 is 0 Å². The molecule has 0 aliphatic carbocycles. The normalized spacial score (nSPS) is 11.6. The number of esters is 1. The van der Waals surface area contributed by atoms with E-state index < -0.39 is 0 Å². The minimum atomic E-state index is -0.306. The monoisotopic (exact) mass is 304 g/mol. The third-order valence-electron chi connectivity index (χ3n) is 2.71. The van der Waals surface area contributed by atoms with Crippen molar-refractivity contribution >= 4 is 38.7 Å². The SMILES string of the molecule is COC(=O)/C(=C/c1ccc2ccccc2c1)CBr. The summed E-state index contributed by atoms with van der Waals surface area (Å²) in [5, 5.41) is 2.82. The minimum Gasteiger partial charge on any atom is -0.466 e. The van der Waals surface area contributed by atoms with Crippen LogP contribution in [0.25, 0.3) is 16.8 Å². The van der Waals surface area contributed by atoms with Gasteiger partial charge in [-0.2, -0.15) is 0 Å². The fraction of sp³-hybridized carbons (Fsp3) is 0.133. The molecule has 0 spiro atoms. The van der Waals surface area contributed by atoms with Gasteiger partial charge in [-0.15, -0.1) is 0 Å². The fourth-order valence-electron chi connectivity index (χ4n) is 1.78. The van der Waals surface area contributed by atoms with Crippen molar-refractivity contribution in [1.82, 2.24) is 0 Å². The molecule has 0 atom stereocenters. The molecule has 18 heavy (non-hydrogen) atoms. The van der Waals surface area contributed by atoms with E-state index in [0.29, 0.717) is 10.9 Å². The van der Waals surface area contributed by atoms with Crippen molar-refractivity contribution in [3.05, 3.63) is 53.6 Å². The van der Waals surface area contributed by atoms with E-state index in [1.807, 2.05) is 30.3 Å². The second-order valence-corrected chi connectivity index (χ2v) is 4.46. The molecule has 2 rings (SSSR count). The number of fused-ring (bicyclic) bond motifs is 1. The fourth-order valence-corrected chi connectivity index (χ4v) is 2.17. The Balaban J connectivity index is 2.41. The summed E-state index contributed by atoms with van der Waals surface area (Å²) >= 11 is 3.30. The lowest BCUT2D eigenvalue weighted by atomic mass is 10.1. The number of alkyl halides is 1. The molecule has 0 N–H and O–H groups in total. The standard InChI is InChI=1S/C15H13BrO2/c1-18-15(17)14(10-16)9-11-6-7-12-4-2-3-5-13(12)8-11/h2-9H,10H2,1H3/b14-9+. The van der Waals surface area contributed by atoms with Gasteiger partial charge in [0.2, 0.25) is 0 Å². The first kappa shape index (κ1) is 12.8. The first-order chi connectivity index (χ1) is 8.74. The quantitative estimate of drug-likeness (QED) is 0.490. The Kier molecular flexibility index (Phi) is 4.15. The number of methoxy groups -OCH3 is 1. The number of benzene rings is 2. The van der Waals surface area contributed by atoms with E-state index in [9.17, 15) is 4.79 Å². The molecule has 0 aliphatic heterocycles. The summed E-state index contributed by atoms with van der Waals surface area (Å²) in [4.78, 5) is 11.5. The van der Waals surface area contributed by atoms with Gasteiger partial charge in [-0.3, -0.25) is 0 Å². The van der Waals surface area contributed by atoms with Crippen molar-refractivity contribution < 1.29 is 9.53 Å². The van der Waals surface area contributed by atoms with Crippen LogP contribution in [-0.4, -0.2) is 18.4 Å². The maximum Gasteiger partial charge on any atom is 0.334 e. The Morgan fingerprint density at radius 1 is 1.22 bits per heavy atom. The molecule has 0 unspecified atom stereocenters. The number of ether oxygens (including phenoxy) is 1. The van der Waals surface area contributed by atoms with Crippen LogP contribution in [0.4, 0.5) is 0 Å². The van der Waals surface area contributed by atoms with Crippen LogP contribution < -0.4 is 0 Å². The van der Waals surface area contributed by atoms with Gasteiger partial charge in [-0.25, -0.2) is 4.79 Å². The predicted octanol–water partition coefficient (Wildman–Crippen LogP) is 3.79. The van der Waals surface area contributed by atoms with E-state index in [-0.39, 0.29) is 5.97 Å². The van der Waals surface area contributed by atoms with Gasteiger partial charge in [0.05, 0.1) is 7.11 Å². The molecule has 2 nitrogen and oxygen atoms in total. The van der Waals surface area contributed by atoms with Crippen LogP contribution in [0.2, 0.25) is 0 Å². The van der Waals surface area contributed by atoms with Gasteiger partial charge in [-0.1, -0.05) is 52.3 Å². The van der Waals surface area contributed by atoms with Crippen LogP contribution in [-0.2, 0) is 9.53 Å². The molecule has 0 bridgehead atoms. The van der Waals surface area contributed by atoms with Crippen molar-refractivity contribution in [2.45, 2.75) is 0 Å². The molecule has 0 aromatic heterocycles. The zero-order chi connectivity index (χ0) is 13.0. The Morgan fingerprint density at radius 3 is 2.61 bits per heavy atom. The number of carbonyl (C=O) groups is 1. The van der Waals surface area contributed by atoms with Gasteiger partial charge < -0.3 is 4.74 Å². The van der Waals surface area contributed by atoms with Gasteiger partial charge in [0.25, 0.3) is 0 Å². The van der Waals surface area contributed by atoms with Crippen LogP contribution in [0.3, 0.4) is 0 Å². The number of carbonyl (C=O) groups excluding carboxylic acids is 1. The van der Waals surface area contributed by atoms with E-state index in [0.717, 1.165) is 10.9 Å². The lowest BCUT2D eigenvalue weighted by molar-refractivity contribution is -0.135. The molecule has 2 aromatic rings. The highest BCUT2D eigenvalue weighted by molar-refractivity contribution is 9.09. The van der Waals surface area contributed by atoms with Crippen LogP contribution in [0.15, 0.2) is 48.0 Å². The van der Waals surface area contributed by atoms with Gasteiger partial charge in [-0.05, 0) is 28.5 Å². The zero-order valence-electron chi connectivity index (χ0n) is 10.0. The molecule has 0 radical (unpaired) electrons. The Morgan fingerprint density at radius 2 is 1.94 bits per heavy atom. The van der Waals surface area contributed by atoms with Crippen LogP contribution in [0.5, 0.6) is 0 Å². The van der Waals surface area contributed by atoms with Crippen molar-refractivity contribution in [3.8, 4) is 0 Å². The first-order valence-electron chi connectivity index (χ1n) is 5.58. The minimum absolute atomic E-state index is 0.306. The van der Waals surface area contributed by atoms with E-state index in [2.05, 4.69) is 34.1 Å². The zero-order valence-corrected chi connectivity index (χ0v) is 11.6. The number of rotatable bonds is 3. The summed E-state index contributed by atoms with van der Waals surface area (Å²) in [5.74, 6) is -0.306. The van der Waals surface area contributed by atoms with Gasteiger partial charge >= 0.3 is 5.97 Å². The molecular formula is C15H13BrO2. The van der Waals surface area contributed by atoms with Crippen molar-refractivity contribution in [3.63, 3.8) is 0 Å². The first-order valence-corrected chi connectivity index (χ1v) is 6.70. The van der Waals surface area contributed by atoms with Crippen molar-refractivity contribution in [1.29, 1.82) is 0 Å². The summed E-state index contributed by atoms with van der Waals surface area (Å²) < 4.78 is 4.73. The molecule has 3 heteroatoms. The number of halogens is 1. The lowest BCUT2D eigenvalue weighted by Crippen LogP contribution is -2.05. The smallest absolute Gasteiger partial charge is 0.334 e. The second-order valence-electron chi connectivity index (χ2n) is 3.90. The topological polar surface area (TPSA) is 26.3 Å². The number of hydrogen-bond acceptors (Lipinski definition) is 2. The van der Waals surface area contributed by atoms with Crippen LogP contribution in [0.1, 0.15) is 5.56 Å². The summed E-state index contributed by atoms with van der Waals surface area (Å²) in [6.07, 6.45) is 1.84. The summed E-state index contributed by atoms with van der Waals surface area (Å²) in [7, 11) is 1.39. The summed E-state index contributed by atoms with van der Waals surface area (Å²) in [6, 6.07) is 14.2. The van der Waals surface area contributed by atoms with Gasteiger partial charge in [0.1, 0.15) is 0 Å². The van der Waals surface area contributed by atoms with Crippen molar-refractivity contribution in [2.75, 3.05) is 12.4 Å². The lowest BCUT2D eigenvalue weighted by Gasteiger charge is -2.03. The van der Waals surface area contributed by atoms with E-state index in [1.54, 1.807) is 0 Å². The van der Waals surface area contributed by atoms with Crippen LogP contribution in [0, 0.1) is 0 Å². The van der Waals surface area contributed by atoms with E-state index in [4.69, 9.17) is 4.74 Å². The molecule has 0 saturated carbocycles. The molecule has 2 aromatic carbocycles. The Bertz CT molecular complexity index is 602. The highest BCUT2D eigenvalue weighted by atomic mass is 79.9. The third-order valence-corrected chi connectivity index (χ3v) is 3.31. The Hall–Kier alpha value is -1.61. The summed E-state index contributed by atoms with van der Waals surface area (Å²) in [6.45, 7) is 0. The molecule has 0 heterocycles. The van der Waals surface area contributed by atoms with Crippen molar-refractivity contribution in [2.24, 2.45) is 0 Å². The average molecular weight is 305 g/mol. The molecule has 0 aliphatic rings. The van der Waals surface area contributed by atoms with E-state index in [1.165, 1.54) is 12.5 Å². The summed E-state index contributed by atoms with van der Waals surface area (Å²) in [5.41, 5.74) is 1.60. The molecule has 0 fully saturated rings. The van der Waals surface area contributed by atoms with Crippen LogP contribution >= 0.6 is 15.9 Å². The van der Waals surface area contributed by atoms with Gasteiger partial charge in [0, 0.05) is 10.9 Å². The maximum absolute atomic E-state index is 11.5. The van der Waals surface area contributed by atoms with Gasteiger partial charge in [0.15, 0.2) is 0 Å². The average Bonchev–Trinajstić information content (AvgIpc) is 2.43. The molecule has 0 amide bonds. The largest absolute Gasteiger partial charge is 0.466 e. The highest BCUT2D eigenvalue weighted by Crippen LogP contribution is 2.18. The number of hydrogen-bond donors (Lipinski definition) is 0. The maximum atomic E-state index is 11.5. The third kappa shape index (κ3) is 2.79. The molecular weight excluding hydrogens is 292 g/mol. The predicted molar refractivity (Wildman–Crippen MR) is 77.7 cm³/mol.